The summed E-state index contributed by atoms with van der Waals surface area (Å²) in [5.41, 5.74) is -0.167. The summed E-state index contributed by atoms with van der Waals surface area (Å²) in [4.78, 5) is 36.0. The zero-order valence-corrected chi connectivity index (χ0v) is 21.6. The molecule has 4 N–H and O–H groups in total. The highest BCUT2D eigenvalue weighted by Gasteiger charge is 2.33. The molecule has 0 aliphatic carbocycles. The summed E-state index contributed by atoms with van der Waals surface area (Å²) in [6, 6.07) is 9.96. The van der Waals surface area contributed by atoms with E-state index in [1.165, 1.54) is 0 Å². The molecule has 2 atom stereocenters. The average molecular weight is 497 g/mol. The molecular formula is C25H40N2O6S. The van der Waals surface area contributed by atoms with Gasteiger partial charge in [-0.2, -0.15) is 11.8 Å². The second-order valence-corrected chi connectivity index (χ2v) is 10.4. The highest BCUT2D eigenvalue weighted by Crippen LogP contribution is 2.33. The van der Waals surface area contributed by atoms with Crippen molar-refractivity contribution < 1.29 is 29.3 Å². The molecule has 34 heavy (non-hydrogen) atoms. The number of carbonyl (C=O) groups excluding carboxylic acids is 3. The second-order valence-electron chi connectivity index (χ2n) is 9.21. The van der Waals surface area contributed by atoms with Gasteiger partial charge in [0.2, 0.25) is 11.8 Å². The van der Waals surface area contributed by atoms with Gasteiger partial charge >= 0.3 is 5.97 Å². The smallest absolute Gasteiger partial charge is 0.306 e. The van der Waals surface area contributed by atoms with Gasteiger partial charge in [-0.15, -0.1) is 0 Å². The Morgan fingerprint density at radius 2 is 1.74 bits per heavy atom. The number of nitrogens with one attached hydrogen (secondary N) is 2. The molecule has 0 heterocycles. The van der Waals surface area contributed by atoms with Gasteiger partial charge in [0.1, 0.15) is 6.10 Å². The second kappa shape index (κ2) is 15.0. The highest BCUT2D eigenvalue weighted by molar-refractivity contribution is 7.99. The third-order valence-corrected chi connectivity index (χ3v) is 6.71. The Morgan fingerprint density at radius 3 is 2.35 bits per heavy atom. The van der Waals surface area contributed by atoms with Crippen molar-refractivity contribution >= 4 is 29.5 Å². The van der Waals surface area contributed by atoms with Crippen LogP contribution in [0.2, 0.25) is 0 Å². The Labute approximate surface area is 207 Å². The van der Waals surface area contributed by atoms with E-state index in [2.05, 4.69) is 17.6 Å². The van der Waals surface area contributed by atoms with Gasteiger partial charge in [-0.1, -0.05) is 51.1 Å². The molecule has 0 saturated heterocycles. The van der Waals surface area contributed by atoms with Crippen molar-refractivity contribution in [2.24, 2.45) is 5.41 Å². The lowest BCUT2D eigenvalue weighted by molar-refractivity contribution is -0.144. The fraction of sp³-hybridized carbons (Fsp3) is 0.640. The number of hydrogen-bond acceptors (Lipinski definition) is 7. The summed E-state index contributed by atoms with van der Waals surface area (Å²) in [5, 5.41) is 24.5. The SMILES string of the molecule is CCOC(=O)CC(C)(CCSCCNC(=O)CCNC(=O)C(O)C(C)(C)CO)c1ccccc1. The van der Waals surface area contributed by atoms with Crippen molar-refractivity contribution in [2.45, 2.75) is 58.5 Å². The summed E-state index contributed by atoms with van der Waals surface area (Å²) in [5.74, 6) is 0.562. The number of aliphatic hydroxyl groups is 2. The minimum absolute atomic E-state index is 0.105. The van der Waals surface area contributed by atoms with Crippen LogP contribution in [-0.2, 0) is 24.5 Å². The molecule has 2 unspecified atom stereocenters. The molecule has 0 spiro atoms. The van der Waals surface area contributed by atoms with Crippen LogP contribution in [0.25, 0.3) is 0 Å². The van der Waals surface area contributed by atoms with Crippen molar-refractivity contribution in [3.8, 4) is 0 Å². The van der Waals surface area contributed by atoms with Gasteiger partial charge in [0, 0.05) is 36.1 Å². The topological polar surface area (TPSA) is 125 Å². The minimum Gasteiger partial charge on any atom is -0.466 e. The molecule has 1 rings (SSSR count). The van der Waals surface area contributed by atoms with E-state index in [1.54, 1.807) is 32.5 Å². The number of amides is 2. The van der Waals surface area contributed by atoms with E-state index < -0.39 is 17.4 Å². The zero-order valence-electron chi connectivity index (χ0n) is 20.8. The maximum atomic E-state index is 12.1. The molecule has 0 aromatic heterocycles. The molecule has 9 heteroatoms. The Morgan fingerprint density at radius 1 is 1.06 bits per heavy atom. The van der Waals surface area contributed by atoms with Crippen LogP contribution >= 0.6 is 11.8 Å². The first kappa shape index (κ1) is 29.9. The fourth-order valence-electron chi connectivity index (χ4n) is 3.29. The molecule has 192 valence electrons. The third-order valence-electron chi connectivity index (χ3n) is 5.72. The lowest BCUT2D eigenvalue weighted by Crippen LogP contribution is -2.46. The van der Waals surface area contributed by atoms with Gasteiger partial charge in [0.25, 0.3) is 0 Å². The first-order valence-electron chi connectivity index (χ1n) is 11.7. The van der Waals surface area contributed by atoms with Crippen LogP contribution in [0, 0.1) is 5.41 Å². The quantitative estimate of drug-likeness (QED) is 0.204. The van der Waals surface area contributed by atoms with Gasteiger partial charge in [-0.3, -0.25) is 14.4 Å². The molecule has 8 nitrogen and oxygen atoms in total. The van der Waals surface area contributed by atoms with Crippen LogP contribution in [0.5, 0.6) is 0 Å². The van der Waals surface area contributed by atoms with Crippen LogP contribution in [0.3, 0.4) is 0 Å². The maximum absolute atomic E-state index is 12.1. The number of benzene rings is 1. The molecule has 0 radical (unpaired) electrons. The summed E-state index contributed by atoms with van der Waals surface area (Å²) in [6.07, 6.45) is -0.123. The Balaban J connectivity index is 2.33. The van der Waals surface area contributed by atoms with E-state index >= 15 is 0 Å². The zero-order chi connectivity index (χ0) is 25.6. The predicted octanol–water partition coefficient (Wildman–Crippen LogP) is 2.02. The summed E-state index contributed by atoms with van der Waals surface area (Å²) in [6.45, 7) is 7.70. The van der Waals surface area contributed by atoms with E-state index in [1.807, 2.05) is 30.3 Å². The molecule has 2 amide bonds. The Hall–Kier alpha value is -2.10. The highest BCUT2D eigenvalue weighted by atomic mass is 32.2. The van der Waals surface area contributed by atoms with Crippen LogP contribution in [0.15, 0.2) is 30.3 Å². The van der Waals surface area contributed by atoms with Crippen LogP contribution in [-0.4, -0.2) is 71.9 Å². The lowest BCUT2D eigenvalue weighted by Gasteiger charge is -2.29. The molecule has 0 bridgehead atoms. The van der Waals surface area contributed by atoms with Crippen LogP contribution < -0.4 is 10.6 Å². The van der Waals surface area contributed by atoms with Gasteiger partial charge in [0.15, 0.2) is 0 Å². The molecule has 0 aliphatic rings. The molecule has 1 aromatic carbocycles. The average Bonchev–Trinajstić information content (AvgIpc) is 2.81. The number of ether oxygens (including phenoxy) is 1. The van der Waals surface area contributed by atoms with Crippen molar-refractivity contribution in [3.63, 3.8) is 0 Å². The minimum atomic E-state index is -1.35. The number of hydrogen-bond donors (Lipinski definition) is 4. The first-order chi connectivity index (χ1) is 16.1. The molecule has 0 saturated carbocycles. The van der Waals surface area contributed by atoms with Gasteiger partial charge < -0.3 is 25.6 Å². The van der Waals surface area contributed by atoms with E-state index in [4.69, 9.17) is 4.74 Å². The standard InChI is InChI=1S/C25H40N2O6S/c1-5-33-21(30)17-25(4,19-9-7-6-8-10-19)12-15-34-16-14-26-20(29)11-13-27-23(32)22(31)24(2,3)18-28/h6-10,22,28,31H,5,11-18H2,1-4H3,(H,26,29)(H,27,32). The van der Waals surface area contributed by atoms with Crippen LogP contribution in [0.4, 0.5) is 0 Å². The monoisotopic (exact) mass is 496 g/mol. The summed E-state index contributed by atoms with van der Waals surface area (Å²) >= 11 is 1.70. The fourth-order valence-corrected chi connectivity index (χ4v) is 4.34. The van der Waals surface area contributed by atoms with E-state index in [0.717, 1.165) is 23.5 Å². The molecule has 0 fully saturated rings. The molecular weight excluding hydrogens is 456 g/mol. The first-order valence-corrected chi connectivity index (χ1v) is 12.8. The number of aliphatic hydroxyl groups excluding tert-OH is 2. The summed E-state index contributed by atoms with van der Waals surface area (Å²) in [7, 11) is 0. The lowest BCUT2D eigenvalue weighted by atomic mass is 9.77. The Kier molecular flexibility index (Phi) is 13.2. The van der Waals surface area contributed by atoms with Gasteiger partial charge in [-0.25, -0.2) is 0 Å². The molecule has 0 aliphatic heterocycles. The number of rotatable bonds is 16. The van der Waals surface area contributed by atoms with Crippen molar-refractivity contribution in [1.29, 1.82) is 0 Å². The van der Waals surface area contributed by atoms with Gasteiger partial charge in [-0.05, 0) is 24.7 Å². The van der Waals surface area contributed by atoms with Crippen molar-refractivity contribution in [1.82, 2.24) is 10.6 Å². The van der Waals surface area contributed by atoms with Crippen molar-refractivity contribution in [3.05, 3.63) is 35.9 Å². The number of thioether (sulfide) groups is 1. The Bertz CT molecular complexity index is 774. The van der Waals surface area contributed by atoms with E-state index in [9.17, 15) is 24.6 Å². The predicted molar refractivity (Wildman–Crippen MR) is 134 cm³/mol. The third kappa shape index (κ3) is 10.4. The number of esters is 1. The summed E-state index contributed by atoms with van der Waals surface area (Å²) < 4.78 is 5.17. The van der Waals surface area contributed by atoms with Gasteiger partial charge in [0.05, 0.1) is 19.6 Å². The van der Waals surface area contributed by atoms with Crippen LogP contribution in [0.1, 0.15) is 52.5 Å². The molecule has 1 aromatic rings. The maximum Gasteiger partial charge on any atom is 0.306 e. The number of carbonyl (C=O) groups is 3. The largest absolute Gasteiger partial charge is 0.466 e. The normalized spacial score (nSPS) is 14.1. The van der Waals surface area contributed by atoms with Crippen molar-refractivity contribution in [2.75, 3.05) is 37.8 Å². The van der Waals surface area contributed by atoms with E-state index in [-0.39, 0.29) is 36.9 Å². The van der Waals surface area contributed by atoms with E-state index in [0.29, 0.717) is 19.6 Å².